The summed E-state index contributed by atoms with van der Waals surface area (Å²) in [5, 5.41) is 17.5. The minimum atomic E-state index is -4.58. The first-order valence-corrected chi connectivity index (χ1v) is 12.0. The molecule has 0 saturated carbocycles. The quantitative estimate of drug-likeness (QED) is 0.301. The molecule has 6 rings (SSSR count). The van der Waals surface area contributed by atoms with Gasteiger partial charge in [-0.2, -0.15) is 13.2 Å². The standard InChI is InChI=1S/C25H20F3N5O2S/c26-25(27,28)20-13-29-22(32-20)24(9-3-4-10-30-24)35-15-7-8-17-19(12-15)36-23(31-17)33-21-16-6-2-1-5-14(16)11-18(21)34/h1-10,12-13,18,21,30,34H,11H2,(H,29,32)(H,31,33)/t18-,21+,24?/m0/s1. The second-order valence-electron chi connectivity index (χ2n) is 8.57. The number of nitrogens with zero attached hydrogens (tertiary/aromatic N) is 2. The molecule has 0 amide bonds. The van der Waals surface area contributed by atoms with E-state index in [1.54, 1.807) is 42.6 Å². The Kier molecular flexibility index (Phi) is 5.27. The van der Waals surface area contributed by atoms with Gasteiger partial charge >= 0.3 is 6.18 Å². The highest BCUT2D eigenvalue weighted by Gasteiger charge is 2.40. The van der Waals surface area contributed by atoms with E-state index in [1.165, 1.54) is 11.3 Å². The molecule has 184 valence electrons. The SMILES string of the molecule is O[C@H]1Cc2ccccc2[C@H]1Nc1nc2ccc(OC3(c4nc(C(F)(F)F)c[nH]4)C=CC=CN3)cc2s1. The molecule has 1 unspecified atom stereocenters. The molecule has 1 aliphatic carbocycles. The monoisotopic (exact) mass is 511 g/mol. The van der Waals surface area contributed by atoms with E-state index in [0.29, 0.717) is 17.3 Å². The molecular formula is C25H20F3N5O2S. The third-order valence-electron chi connectivity index (χ3n) is 6.18. The van der Waals surface area contributed by atoms with Gasteiger partial charge in [0.15, 0.2) is 16.6 Å². The molecule has 1 aliphatic heterocycles. The summed E-state index contributed by atoms with van der Waals surface area (Å²) >= 11 is 1.40. The molecule has 0 bridgehead atoms. The fraction of sp³-hybridized carbons (Fsp3) is 0.200. The fourth-order valence-corrected chi connectivity index (χ4v) is 5.41. The van der Waals surface area contributed by atoms with E-state index in [0.717, 1.165) is 27.5 Å². The van der Waals surface area contributed by atoms with Gasteiger partial charge in [0.25, 0.3) is 5.72 Å². The molecular weight excluding hydrogens is 491 g/mol. The lowest BCUT2D eigenvalue weighted by Crippen LogP contribution is -2.45. The molecule has 0 saturated heterocycles. The summed E-state index contributed by atoms with van der Waals surface area (Å²) < 4.78 is 46.4. The van der Waals surface area contributed by atoms with Crippen molar-refractivity contribution in [3.8, 4) is 5.75 Å². The van der Waals surface area contributed by atoms with Crippen molar-refractivity contribution in [2.75, 3.05) is 5.32 Å². The number of anilines is 1. The highest BCUT2D eigenvalue weighted by molar-refractivity contribution is 7.22. The number of aromatic nitrogens is 3. The molecule has 7 nitrogen and oxygen atoms in total. The van der Waals surface area contributed by atoms with E-state index in [4.69, 9.17) is 4.74 Å². The molecule has 0 fully saturated rings. The zero-order valence-electron chi connectivity index (χ0n) is 18.6. The van der Waals surface area contributed by atoms with Crippen LogP contribution in [0.15, 0.2) is 73.1 Å². The molecule has 2 aromatic carbocycles. The highest BCUT2D eigenvalue weighted by atomic mass is 32.1. The van der Waals surface area contributed by atoms with Crippen LogP contribution < -0.4 is 15.4 Å². The summed E-state index contributed by atoms with van der Waals surface area (Å²) in [5.41, 5.74) is 0.409. The minimum absolute atomic E-state index is 0.0314. The Morgan fingerprint density at radius 1 is 1.14 bits per heavy atom. The summed E-state index contributed by atoms with van der Waals surface area (Å²) in [7, 11) is 0. The highest BCUT2D eigenvalue weighted by Crippen LogP contribution is 2.38. The van der Waals surface area contributed by atoms with Gasteiger partial charge in [-0.15, -0.1) is 0 Å². The first-order chi connectivity index (χ1) is 17.3. The fourth-order valence-electron chi connectivity index (χ4n) is 4.48. The van der Waals surface area contributed by atoms with Gasteiger partial charge in [-0.25, -0.2) is 9.97 Å². The molecule has 36 heavy (non-hydrogen) atoms. The topological polar surface area (TPSA) is 95.1 Å². The second-order valence-corrected chi connectivity index (χ2v) is 9.60. The van der Waals surface area contributed by atoms with Crippen molar-refractivity contribution in [1.29, 1.82) is 0 Å². The van der Waals surface area contributed by atoms with Crippen LogP contribution in [0.4, 0.5) is 18.3 Å². The van der Waals surface area contributed by atoms with Crippen LogP contribution in [0.1, 0.15) is 28.7 Å². The molecule has 4 aromatic rings. The minimum Gasteiger partial charge on any atom is -0.457 e. The zero-order chi connectivity index (χ0) is 24.9. The van der Waals surface area contributed by atoms with Crippen LogP contribution in [-0.2, 0) is 18.3 Å². The number of halogens is 3. The number of thiazole rings is 1. The van der Waals surface area contributed by atoms with Gasteiger partial charge in [0.2, 0.25) is 0 Å². The Balaban J connectivity index is 1.28. The number of rotatable bonds is 5. The number of aromatic amines is 1. The van der Waals surface area contributed by atoms with E-state index < -0.39 is 23.7 Å². The van der Waals surface area contributed by atoms with Crippen molar-refractivity contribution in [3.05, 3.63) is 95.7 Å². The number of nitrogens with one attached hydrogen (secondary N) is 3. The van der Waals surface area contributed by atoms with Gasteiger partial charge in [0, 0.05) is 18.8 Å². The van der Waals surface area contributed by atoms with Crippen molar-refractivity contribution < 1.29 is 23.0 Å². The third-order valence-corrected chi connectivity index (χ3v) is 7.13. The van der Waals surface area contributed by atoms with Crippen molar-refractivity contribution in [2.24, 2.45) is 0 Å². The summed E-state index contributed by atoms with van der Waals surface area (Å²) in [6.07, 6.45) is 2.80. The van der Waals surface area contributed by atoms with Crippen molar-refractivity contribution in [1.82, 2.24) is 20.3 Å². The Morgan fingerprint density at radius 3 is 2.78 bits per heavy atom. The Morgan fingerprint density at radius 2 is 2.00 bits per heavy atom. The molecule has 3 atom stereocenters. The summed E-state index contributed by atoms with van der Waals surface area (Å²) in [6.45, 7) is 0. The number of ether oxygens (including phenoxy) is 1. The third kappa shape index (κ3) is 3.99. The average molecular weight is 512 g/mol. The van der Waals surface area contributed by atoms with Crippen LogP contribution in [0.25, 0.3) is 10.2 Å². The van der Waals surface area contributed by atoms with Crippen molar-refractivity contribution in [3.63, 3.8) is 0 Å². The molecule has 11 heteroatoms. The summed E-state index contributed by atoms with van der Waals surface area (Å²) in [6, 6.07) is 12.9. The second kappa shape index (κ2) is 8.38. The first kappa shape index (κ1) is 22.6. The van der Waals surface area contributed by atoms with E-state index >= 15 is 0 Å². The van der Waals surface area contributed by atoms with E-state index in [1.807, 2.05) is 24.3 Å². The smallest absolute Gasteiger partial charge is 0.434 e. The normalized spacial score (nSPS) is 23.0. The number of allylic oxidation sites excluding steroid dienone is 2. The average Bonchev–Trinajstić information content (AvgIpc) is 3.57. The lowest BCUT2D eigenvalue weighted by atomic mass is 10.1. The van der Waals surface area contributed by atoms with Gasteiger partial charge in [0.1, 0.15) is 5.75 Å². The number of hydrogen-bond acceptors (Lipinski definition) is 7. The summed E-state index contributed by atoms with van der Waals surface area (Å²) in [4.78, 5) is 10.9. The van der Waals surface area contributed by atoms with Gasteiger partial charge in [-0.1, -0.05) is 41.7 Å². The Bertz CT molecular complexity index is 1490. The maximum Gasteiger partial charge on any atom is 0.434 e. The number of H-pyrrole nitrogens is 1. The zero-order valence-corrected chi connectivity index (χ0v) is 19.4. The largest absolute Gasteiger partial charge is 0.457 e. The predicted octanol–water partition coefficient (Wildman–Crippen LogP) is 5.01. The molecule has 0 radical (unpaired) electrons. The number of aliphatic hydroxyl groups is 1. The molecule has 0 spiro atoms. The molecule has 2 aromatic heterocycles. The number of benzene rings is 2. The molecule has 3 heterocycles. The van der Waals surface area contributed by atoms with Crippen molar-refractivity contribution in [2.45, 2.75) is 30.5 Å². The van der Waals surface area contributed by atoms with Crippen LogP contribution in [0.2, 0.25) is 0 Å². The number of alkyl halides is 3. The predicted molar refractivity (Wildman–Crippen MR) is 129 cm³/mol. The summed E-state index contributed by atoms with van der Waals surface area (Å²) in [5.74, 6) is 0.387. The lowest BCUT2D eigenvalue weighted by molar-refractivity contribution is -0.141. The lowest BCUT2D eigenvalue weighted by Gasteiger charge is -2.31. The van der Waals surface area contributed by atoms with Crippen LogP contribution >= 0.6 is 11.3 Å². The number of hydrogen-bond donors (Lipinski definition) is 4. The van der Waals surface area contributed by atoms with E-state index in [2.05, 4.69) is 25.6 Å². The molecule has 2 aliphatic rings. The maximum atomic E-state index is 13.1. The van der Waals surface area contributed by atoms with E-state index in [9.17, 15) is 18.3 Å². The number of fused-ring (bicyclic) bond motifs is 2. The van der Waals surface area contributed by atoms with Gasteiger partial charge in [-0.3, -0.25) is 0 Å². The Labute approximate surface area is 207 Å². The van der Waals surface area contributed by atoms with Crippen molar-refractivity contribution >= 4 is 26.7 Å². The maximum absolute atomic E-state index is 13.1. The van der Waals surface area contributed by atoms with Gasteiger partial charge in [0.05, 0.1) is 22.4 Å². The van der Waals surface area contributed by atoms with Crippen LogP contribution in [-0.4, -0.2) is 26.2 Å². The van der Waals surface area contributed by atoms with Gasteiger partial charge in [-0.05, 0) is 41.5 Å². The van der Waals surface area contributed by atoms with Crippen LogP contribution in [0.3, 0.4) is 0 Å². The van der Waals surface area contributed by atoms with E-state index in [-0.39, 0.29) is 11.9 Å². The number of aliphatic hydroxyl groups excluding tert-OH is 1. The number of imidazole rings is 1. The first-order valence-electron chi connectivity index (χ1n) is 11.2. The van der Waals surface area contributed by atoms with Gasteiger partial charge < -0.3 is 25.5 Å². The van der Waals surface area contributed by atoms with Crippen LogP contribution in [0.5, 0.6) is 5.75 Å². The van der Waals surface area contributed by atoms with Crippen LogP contribution in [0, 0.1) is 0 Å². The molecule has 4 N–H and O–H groups in total. The Hall–Kier alpha value is -3.83. The number of dihydropyridines is 1.